The van der Waals surface area contributed by atoms with E-state index >= 15 is 0 Å². The minimum atomic E-state index is -0.976. The van der Waals surface area contributed by atoms with Crippen LogP contribution < -0.4 is 15.4 Å². The van der Waals surface area contributed by atoms with Crippen LogP contribution in [0.25, 0.3) is 44.2 Å². The molecule has 4 amide bonds. The lowest BCUT2D eigenvalue weighted by Gasteiger charge is -2.29. The number of hydrogen-bond acceptors (Lipinski definition) is 10. The van der Waals surface area contributed by atoms with Crippen molar-refractivity contribution in [3.8, 4) is 28.1 Å². The molecule has 0 spiro atoms. The fraction of sp³-hybridized carbons (Fsp3) is 0.375. The summed E-state index contributed by atoms with van der Waals surface area (Å²) in [5.74, 6) is 1.40. The zero-order valence-corrected chi connectivity index (χ0v) is 37.6. The fourth-order valence-corrected chi connectivity index (χ4v) is 7.66. The number of alkyl carbamates (subject to hydrolysis) is 2. The maximum atomic E-state index is 14.3. The van der Waals surface area contributed by atoms with Gasteiger partial charge in [-0.3, -0.25) is 9.59 Å². The molecular weight excluding hydrogens is 817 g/mol. The smallest absolute Gasteiger partial charge is 0.407 e. The van der Waals surface area contributed by atoms with Crippen molar-refractivity contribution in [2.45, 2.75) is 66.3 Å². The third-order valence-corrected chi connectivity index (χ3v) is 10.6. The largest absolute Gasteiger partial charge is 0.488 e. The first-order chi connectivity index (χ1) is 31.0. The molecule has 4 aromatic carbocycles. The molecule has 4 N–H and O–H groups in total. The number of nitrogens with one attached hydrogen (secondary N) is 4. The SMILES string of the molecule is CCC.CCCN(Cc1ncc(-c2ccc3c(c2)COc2cc4c(ccc5[nH]c(CN(C[C@@H](C)COC)C(=O)[C@H](NC(=O)OC)c6ccccc6)nc54)cc2-3)[nH]1)C(=O)CNC(=O)OC. The summed E-state index contributed by atoms with van der Waals surface area (Å²) in [4.78, 5) is 70.7. The van der Waals surface area contributed by atoms with Crippen molar-refractivity contribution in [1.29, 1.82) is 0 Å². The first kappa shape index (κ1) is 46.6. The number of ether oxygens (including phenoxy) is 4. The van der Waals surface area contributed by atoms with Crippen LogP contribution in [-0.4, -0.2) is 101 Å². The number of aromatic amines is 2. The predicted octanol–water partition coefficient (Wildman–Crippen LogP) is 7.88. The number of carbonyl (C=O) groups is 4. The van der Waals surface area contributed by atoms with Crippen LogP contribution in [-0.2, 0) is 43.5 Å². The molecule has 2 atom stereocenters. The van der Waals surface area contributed by atoms with Gasteiger partial charge in [-0.25, -0.2) is 19.6 Å². The van der Waals surface area contributed by atoms with E-state index in [1.165, 1.54) is 20.6 Å². The molecule has 1 aliphatic rings. The number of fused-ring (bicyclic) bond motifs is 6. The fourth-order valence-electron chi connectivity index (χ4n) is 7.66. The van der Waals surface area contributed by atoms with E-state index in [1.807, 2.05) is 56.3 Å². The summed E-state index contributed by atoms with van der Waals surface area (Å²) in [7, 11) is 4.14. The molecule has 0 bridgehead atoms. The van der Waals surface area contributed by atoms with E-state index in [0.717, 1.165) is 61.9 Å². The highest BCUT2D eigenvalue weighted by molar-refractivity contribution is 6.07. The van der Waals surface area contributed by atoms with Gasteiger partial charge in [-0.05, 0) is 64.2 Å². The summed E-state index contributed by atoms with van der Waals surface area (Å²) < 4.78 is 21.2. The Kier molecular flexibility index (Phi) is 15.9. The molecule has 338 valence electrons. The van der Waals surface area contributed by atoms with E-state index in [2.05, 4.69) is 62.4 Å². The monoisotopic (exact) mass is 874 g/mol. The molecular formula is C48H58N8O8. The third-order valence-electron chi connectivity index (χ3n) is 10.6. The topological polar surface area (TPSA) is 193 Å². The molecule has 0 unspecified atom stereocenters. The lowest BCUT2D eigenvalue weighted by atomic mass is 9.92. The summed E-state index contributed by atoms with van der Waals surface area (Å²) in [6.45, 7) is 10.2. The first-order valence-electron chi connectivity index (χ1n) is 21.5. The molecule has 0 saturated heterocycles. The number of nitrogens with zero attached hydrogens (tertiary/aromatic N) is 4. The van der Waals surface area contributed by atoms with Crippen LogP contribution in [0.5, 0.6) is 5.75 Å². The second-order valence-electron chi connectivity index (χ2n) is 15.7. The lowest BCUT2D eigenvalue weighted by molar-refractivity contribution is -0.135. The van der Waals surface area contributed by atoms with Gasteiger partial charge in [-0.1, -0.05) is 82.6 Å². The summed E-state index contributed by atoms with van der Waals surface area (Å²) in [6, 6.07) is 22.5. The van der Waals surface area contributed by atoms with Gasteiger partial charge in [-0.2, -0.15) is 0 Å². The van der Waals surface area contributed by atoms with E-state index in [4.69, 9.17) is 19.2 Å². The van der Waals surface area contributed by atoms with E-state index in [-0.39, 0.29) is 37.4 Å². The quantitative estimate of drug-likeness (QED) is 0.0744. The highest BCUT2D eigenvalue weighted by Gasteiger charge is 2.30. The van der Waals surface area contributed by atoms with Crippen molar-refractivity contribution in [3.05, 3.63) is 102 Å². The number of benzene rings is 4. The molecule has 0 fully saturated rings. The highest BCUT2D eigenvalue weighted by atomic mass is 16.5. The number of aromatic nitrogens is 4. The van der Waals surface area contributed by atoms with Crippen molar-refractivity contribution in [1.82, 2.24) is 40.4 Å². The molecule has 6 aromatic rings. The zero-order chi connectivity index (χ0) is 45.8. The second-order valence-corrected chi connectivity index (χ2v) is 15.7. The average Bonchev–Trinajstić information content (AvgIpc) is 3.96. The maximum Gasteiger partial charge on any atom is 0.407 e. The van der Waals surface area contributed by atoms with Crippen LogP contribution in [0.4, 0.5) is 9.59 Å². The molecule has 2 aromatic heterocycles. The van der Waals surface area contributed by atoms with Gasteiger partial charge in [0.25, 0.3) is 0 Å². The molecule has 1 aliphatic heterocycles. The van der Waals surface area contributed by atoms with Gasteiger partial charge in [0.15, 0.2) is 0 Å². The summed E-state index contributed by atoms with van der Waals surface area (Å²) in [6.07, 6.45) is 2.38. The Morgan fingerprint density at radius 2 is 1.61 bits per heavy atom. The van der Waals surface area contributed by atoms with Crippen LogP contribution in [0.1, 0.15) is 69.4 Å². The Morgan fingerprint density at radius 1 is 0.859 bits per heavy atom. The summed E-state index contributed by atoms with van der Waals surface area (Å²) in [5, 5.41) is 7.04. The molecule has 0 saturated carbocycles. The number of hydrogen-bond donors (Lipinski definition) is 4. The van der Waals surface area contributed by atoms with Gasteiger partial charge in [0.05, 0.1) is 56.8 Å². The number of amides is 4. The van der Waals surface area contributed by atoms with E-state index in [1.54, 1.807) is 35.2 Å². The third kappa shape index (κ3) is 11.2. The number of imidazole rings is 2. The van der Waals surface area contributed by atoms with E-state index in [0.29, 0.717) is 43.5 Å². The average molecular weight is 875 g/mol. The van der Waals surface area contributed by atoms with Crippen LogP contribution >= 0.6 is 0 Å². The van der Waals surface area contributed by atoms with Gasteiger partial charge in [0, 0.05) is 31.1 Å². The molecule has 16 heteroatoms. The standard InChI is InChI=1S/C45H50N8O8.C3H8/c1-6-16-52(40(54)21-47-44(56)59-4)23-38-46-20-36(49-38)30-12-14-32-31(17-30)26-61-37-19-33-29(18-34(32)37)13-15-35-42(33)50-39(48-35)24-53(22-27(2)25-58-3)43(55)41(51-45(57)60-5)28-10-8-7-9-11-28;1-3-2/h7-15,17-20,27,41H,6,16,21-26H2,1-5H3,(H,46,49)(H,47,56)(H,48,50)(H,51,57);3H2,1-2H3/t27-,41-;/m1./s1. The van der Waals surface area contributed by atoms with Gasteiger partial charge < -0.3 is 49.3 Å². The predicted molar refractivity (Wildman–Crippen MR) is 244 cm³/mol. The van der Waals surface area contributed by atoms with Crippen molar-refractivity contribution >= 4 is 45.8 Å². The van der Waals surface area contributed by atoms with E-state index in [9.17, 15) is 19.2 Å². The van der Waals surface area contributed by atoms with Crippen LogP contribution in [0.15, 0.2) is 79.0 Å². The second kappa shape index (κ2) is 21.9. The lowest BCUT2D eigenvalue weighted by Crippen LogP contribution is -2.44. The summed E-state index contributed by atoms with van der Waals surface area (Å²) >= 11 is 0. The number of carbonyl (C=O) groups excluding carboxylic acids is 4. The van der Waals surface area contributed by atoms with Crippen LogP contribution in [0.3, 0.4) is 0 Å². The van der Waals surface area contributed by atoms with Crippen molar-refractivity contribution in [2.24, 2.45) is 5.92 Å². The summed E-state index contributed by atoms with van der Waals surface area (Å²) in [5.41, 5.74) is 6.96. The maximum absolute atomic E-state index is 14.3. The Labute approximate surface area is 373 Å². The van der Waals surface area contributed by atoms with Crippen molar-refractivity contribution in [2.75, 3.05) is 47.6 Å². The first-order valence-corrected chi connectivity index (χ1v) is 21.5. The van der Waals surface area contributed by atoms with Gasteiger partial charge in [0.1, 0.15) is 36.6 Å². The minimum absolute atomic E-state index is 0.00365. The molecule has 7 rings (SSSR count). The Balaban J connectivity index is 0.00000220. The van der Waals surface area contributed by atoms with Crippen LogP contribution in [0.2, 0.25) is 0 Å². The van der Waals surface area contributed by atoms with Crippen LogP contribution in [0, 0.1) is 5.92 Å². The molecule has 16 nitrogen and oxygen atoms in total. The molecule has 64 heavy (non-hydrogen) atoms. The number of methoxy groups -OCH3 is 3. The number of H-pyrrole nitrogens is 2. The van der Waals surface area contributed by atoms with Crippen molar-refractivity contribution in [3.63, 3.8) is 0 Å². The Bertz CT molecular complexity index is 2560. The van der Waals surface area contributed by atoms with Gasteiger partial charge >= 0.3 is 12.2 Å². The molecule has 3 heterocycles. The molecule has 0 aliphatic carbocycles. The zero-order valence-electron chi connectivity index (χ0n) is 37.6. The van der Waals surface area contributed by atoms with Gasteiger partial charge in [0.2, 0.25) is 11.8 Å². The Morgan fingerprint density at radius 3 is 2.33 bits per heavy atom. The normalized spacial score (nSPS) is 12.4. The Hall–Kier alpha value is -6.94. The van der Waals surface area contributed by atoms with E-state index < -0.39 is 18.2 Å². The highest BCUT2D eigenvalue weighted by Crippen LogP contribution is 2.42. The van der Waals surface area contributed by atoms with Gasteiger partial charge in [-0.15, -0.1) is 0 Å². The number of rotatable bonds is 16. The van der Waals surface area contributed by atoms with Crippen molar-refractivity contribution < 1.29 is 38.1 Å². The molecule has 0 radical (unpaired) electrons. The minimum Gasteiger partial charge on any atom is -0.488 e.